The number of piperazine rings is 1. The minimum Gasteiger partial charge on any atom is -0.454 e. The molecule has 2 aliphatic rings. The number of hydrogen-bond acceptors (Lipinski definition) is 8. The highest BCUT2D eigenvalue weighted by molar-refractivity contribution is 5.92. The SMILES string of the molecule is O=C(/C=C\c1ccc2c(c1)OCO2)N1CCN(c2ncnc3c2nnn3-c2cccc(F)c2)CC1. The van der Waals surface area contributed by atoms with Crippen LogP contribution < -0.4 is 14.4 Å². The molecule has 0 unspecified atom stereocenters. The quantitative estimate of drug-likeness (QED) is 0.417. The molecule has 1 fully saturated rings. The summed E-state index contributed by atoms with van der Waals surface area (Å²) in [6.45, 7) is 2.46. The lowest BCUT2D eigenvalue weighted by atomic mass is 10.2. The van der Waals surface area contributed by atoms with Gasteiger partial charge in [0.15, 0.2) is 28.5 Å². The molecule has 0 radical (unpaired) electrons. The topological polar surface area (TPSA) is 98.5 Å². The first kappa shape index (κ1) is 21.0. The van der Waals surface area contributed by atoms with Gasteiger partial charge >= 0.3 is 0 Å². The molecule has 6 rings (SSSR count). The van der Waals surface area contributed by atoms with Crippen molar-refractivity contribution in [2.24, 2.45) is 0 Å². The zero-order chi connectivity index (χ0) is 23.8. The zero-order valence-electron chi connectivity index (χ0n) is 18.5. The molecule has 176 valence electrons. The van der Waals surface area contributed by atoms with Crippen molar-refractivity contribution >= 4 is 29.0 Å². The van der Waals surface area contributed by atoms with E-state index in [0.29, 0.717) is 60.3 Å². The predicted octanol–water partition coefficient (Wildman–Crippen LogP) is 2.44. The Kier molecular flexibility index (Phi) is 5.21. The van der Waals surface area contributed by atoms with E-state index in [0.717, 1.165) is 5.56 Å². The van der Waals surface area contributed by atoms with E-state index in [-0.39, 0.29) is 18.5 Å². The predicted molar refractivity (Wildman–Crippen MR) is 125 cm³/mol. The van der Waals surface area contributed by atoms with Crippen molar-refractivity contribution in [3.8, 4) is 17.2 Å². The van der Waals surface area contributed by atoms with Crippen molar-refractivity contribution in [2.45, 2.75) is 0 Å². The van der Waals surface area contributed by atoms with E-state index in [1.54, 1.807) is 29.2 Å². The first-order valence-electron chi connectivity index (χ1n) is 11.1. The zero-order valence-corrected chi connectivity index (χ0v) is 18.5. The Morgan fingerprint density at radius 1 is 1.00 bits per heavy atom. The number of amides is 1. The minimum atomic E-state index is -0.367. The number of carbonyl (C=O) groups excluding carboxylic acids is 1. The highest BCUT2D eigenvalue weighted by atomic mass is 19.1. The lowest BCUT2D eigenvalue weighted by Crippen LogP contribution is -2.48. The molecular weight excluding hydrogens is 453 g/mol. The normalized spacial score (nSPS) is 15.3. The number of carbonyl (C=O) groups is 1. The molecule has 1 saturated heterocycles. The number of rotatable bonds is 4. The Bertz CT molecular complexity index is 1450. The van der Waals surface area contributed by atoms with Crippen molar-refractivity contribution in [3.05, 3.63) is 66.2 Å². The fraction of sp³-hybridized carbons (Fsp3) is 0.208. The summed E-state index contributed by atoms with van der Waals surface area (Å²) in [5, 5.41) is 8.42. The Labute approximate surface area is 199 Å². The molecule has 0 atom stereocenters. The number of halogens is 1. The summed E-state index contributed by atoms with van der Waals surface area (Å²) in [6, 6.07) is 11.6. The van der Waals surface area contributed by atoms with Crippen molar-refractivity contribution in [1.82, 2.24) is 29.9 Å². The van der Waals surface area contributed by atoms with E-state index in [1.807, 2.05) is 18.2 Å². The van der Waals surface area contributed by atoms with Crippen LogP contribution in [-0.4, -0.2) is 68.7 Å². The van der Waals surface area contributed by atoms with Crippen LogP contribution in [0.15, 0.2) is 54.9 Å². The molecule has 4 heterocycles. The highest BCUT2D eigenvalue weighted by Gasteiger charge is 2.24. The Morgan fingerprint density at radius 3 is 2.71 bits per heavy atom. The number of benzene rings is 2. The molecule has 0 saturated carbocycles. The van der Waals surface area contributed by atoms with Crippen LogP contribution in [0, 0.1) is 5.82 Å². The molecule has 11 heteroatoms. The van der Waals surface area contributed by atoms with E-state index < -0.39 is 0 Å². The molecule has 2 aliphatic heterocycles. The average Bonchev–Trinajstić information content (AvgIpc) is 3.54. The van der Waals surface area contributed by atoms with Crippen LogP contribution in [0.4, 0.5) is 10.2 Å². The Morgan fingerprint density at radius 2 is 1.86 bits per heavy atom. The largest absolute Gasteiger partial charge is 0.454 e. The number of hydrogen-bond donors (Lipinski definition) is 0. The fourth-order valence-electron chi connectivity index (χ4n) is 4.18. The number of fused-ring (bicyclic) bond motifs is 2. The van der Waals surface area contributed by atoms with E-state index in [1.165, 1.54) is 23.1 Å². The van der Waals surface area contributed by atoms with Crippen LogP contribution in [-0.2, 0) is 4.79 Å². The maximum absolute atomic E-state index is 13.7. The van der Waals surface area contributed by atoms with Gasteiger partial charge in [0.2, 0.25) is 12.7 Å². The third-order valence-electron chi connectivity index (χ3n) is 5.98. The molecule has 0 spiro atoms. The van der Waals surface area contributed by atoms with Gasteiger partial charge in [-0.3, -0.25) is 4.79 Å². The lowest BCUT2D eigenvalue weighted by Gasteiger charge is -2.34. The molecular formula is C24H20FN7O3. The summed E-state index contributed by atoms with van der Waals surface area (Å²) in [5.41, 5.74) is 2.41. The summed E-state index contributed by atoms with van der Waals surface area (Å²) >= 11 is 0. The number of nitrogens with zero attached hydrogens (tertiary/aromatic N) is 7. The van der Waals surface area contributed by atoms with Gasteiger partial charge in [0.05, 0.1) is 5.69 Å². The van der Waals surface area contributed by atoms with Gasteiger partial charge in [0.25, 0.3) is 0 Å². The van der Waals surface area contributed by atoms with Gasteiger partial charge in [0.1, 0.15) is 12.1 Å². The van der Waals surface area contributed by atoms with E-state index >= 15 is 0 Å². The summed E-state index contributed by atoms with van der Waals surface area (Å²) in [4.78, 5) is 25.3. The summed E-state index contributed by atoms with van der Waals surface area (Å²) < 4.78 is 25.9. The molecule has 2 aromatic carbocycles. The molecule has 0 aliphatic carbocycles. The molecule has 35 heavy (non-hydrogen) atoms. The van der Waals surface area contributed by atoms with Gasteiger partial charge in [-0.1, -0.05) is 17.3 Å². The minimum absolute atomic E-state index is 0.0628. The van der Waals surface area contributed by atoms with Gasteiger partial charge in [-0.05, 0) is 42.0 Å². The standard InChI is InChI=1S/C24H20FN7O3/c25-17-2-1-3-18(13-17)32-24-22(28-29-32)23(26-14-27-24)31-10-8-30(9-11-31)21(33)7-5-16-4-6-19-20(12-16)35-15-34-19/h1-7,12-14H,8-11,15H2/b7-5-. The average molecular weight is 473 g/mol. The van der Waals surface area contributed by atoms with Crippen LogP contribution in [0.2, 0.25) is 0 Å². The Hall–Kier alpha value is -4.54. The molecule has 2 aromatic heterocycles. The maximum Gasteiger partial charge on any atom is 0.246 e. The highest BCUT2D eigenvalue weighted by Crippen LogP contribution is 2.32. The van der Waals surface area contributed by atoms with E-state index in [9.17, 15) is 9.18 Å². The summed E-state index contributed by atoms with van der Waals surface area (Å²) in [5.74, 6) is 1.60. The molecule has 0 N–H and O–H groups in total. The van der Waals surface area contributed by atoms with Gasteiger partial charge in [-0.25, -0.2) is 14.4 Å². The van der Waals surface area contributed by atoms with Crippen LogP contribution in [0.25, 0.3) is 22.9 Å². The summed E-state index contributed by atoms with van der Waals surface area (Å²) in [6.07, 6.45) is 4.79. The second-order valence-electron chi connectivity index (χ2n) is 8.11. The molecule has 10 nitrogen and oxygen atoms in total. The second kappa shape index (κ2) is 8.67. The van der Waals surface area contributed by atoms with Crippen molar-refractivity contribution in [2.75, 3.05) is 37.9 Å². The smallest absolute Gasteiger partial charge is 0.246 e. The molecule has 4 aromatic rings. The summed E-state index contributed by atoms with van der Waals surface area (Å²) in [7, 11) is 0. The van der Waals surface area contributed by atoms with Gasteiger partial charge in [0, 0.05) is 32.3 Å². The van der Waals surface area contributed by atoms with Gasteiger partial charge in [-0.2, -0.15) is 4.68 Å². The number of ether oxygens (including phenoxy) is 2. The second-order valence-corrected chi connectivity index (χ2v) is 8.11. The van der Waals surface area contributed by atoms with Crippen LogP contribution in [0.5, 0.6) is 11.5 Å². The van der Waals surface area contributed by atoms with Gasteiger partial charge in [-0.15, -0.1) is 5.10 Å². The van der Waals surface area contributed by atoms with Crippen molar-refractivity contribution in [3.63, 3.8) is 0 Å². The Balaban J connectivity index is 1.15. The van der Waals surface area contributed by atoms with E-state index in [2.05, 4.69) is 25.2 Å². The van der Waals surface area contributed by atoms with Crippen LogP contribution in [0.3, 0.4) is 0 Å². The van der Waals surface area contributed by atoms with Crippen molar-refractivity contribution in [1.29, 1.82) is 0 Å². The van der Waals surface area contributed by atoms with Crippen LogP contribution in [0.1, 0.15) is 5.56 Å². The first-order chi connectivity index (χ1) is 17.2. The van der Waals surface area contributed by atoms with Gasteiger partial charge < -0.3 is 19.3 Å². The number of aromatic nitrogens is 5. The molecule has 0 bridgehead atoms. The lowest BCUT2D eigenvalue weighted by molar-refractivity contribution is -0.126. The number of anilines is 1. The fourth-order valence-corrected chi connectivity index (χ4v) is 4.18. The third kappa shape index (κ3) is 4.01. The maximum atomic E-state index is 13.7. The first-order valence-corrected chi connectivity index (χ1v) is 11.1. The third-order valence-corrected chi connectivity index (χ3v) is 5.98. The molecule has 1 amide bonds. The van der Waals surface area contributed by atoms with Crippen LogP contribution >= 0.6 is 0 Å². The van der Waals surface area contributed by atoms with E-state index in [4.69, 9.17) is 9.47 Å². The monoisotopic (exact) mass is 473 g/mol. The van der Waals surface area contributed by atoms with Crippen molar-refractivity contribution < 1.29 is 18.7 Å².